The number of likely N-dealkylation sites (tertiary alicyclic amines) is 1. The highest BCUT2D eigenvalue weighted by Crippen LogP contribution is 2.35. The Kier molecular flexibility index (Phi) is 4.68. The van der Waals surface area contributed by atoms with E-state index in [4.69, 9.17) is 4.52 Å². The van der Waals surface area contributed by atoms with E-state index in [1.165, 1.54) is 0 Å². The molecular formula is C15H25N3O2. The molecule has 5 nitrogen and oxygen atoms in total. The topological polar surface area (TPSA) is 58.4 Å². The lowest BCUT2D eigenvalue weighted by Gasteiger charge is -2.25. The summed E-state index contributed by atoms with van der Waals surface area (Å²) in [6.45, 7) is 9.73. The molecule has 2 amide bonds. The second-order valence-corrected chi connectivity index (χ2v) is 5.89. The Bertz CT molecular complexity index is 468. The summed E-state index contributed by atoms with van der Waals surface area (Å²) in [5, 5.41) is 7.08. The van der Waals surface area contributed by atoms with Crippen LogP contribution in [0.4, 0.5) is 4.79 Å². The van der Waals surface area contributed by atoms with Gasteiger partial charge in [0.05, 0.1) is 11.7 Å². The summed E-state index contributed by atoms with van der Waals surface area (Å²) >= 11 is 0. The number of aromatic nitrogens is 1. The lowest BCUT2D eigenvalue weighted by Crippen LogP contribution is -2.41. The molecule has 20 heavy (non-hydrogen) atoms. The number of carbonyl (C=O) groups is 1. The quantitative estimate of drug-likeness (QED) is 0.921. The summed E-state index contributed by atoms with van der Waals surface area (Å²) in [6.07, 6.45) is 2.84. The molecule has 1 saturated heterocycles. The van der Waals surface area contributed by atoms with Gasteiger partial charge in [-0.2, -0.15) is 0 Å². The molecule has 0 saturated carbocycles. The van der Waals surface area contributed by atoms with Gasteiger partial charge in [-0.3, -0.25) is 0 Å². The van der Waals surface area contributed by atoms with Crippen LogP contribution in [0.15, 0.2) is 4.52 Å². The van der Waals surface area contributed by atoms with Gasteiger partial charge in [0.25, 0.3) is 0 Å². The van der Waals surface area contributed by atoms with Crippen molar-refractivity contribution in [2.45, 2.75) is 53.0 Å². The summed E-state index contributed by atoms with van der Waals surface area (Å²) < 4.78 is 5.37. The number of nitrogens with one attached hydrogen (secondary N) is 1. The molecule has 0 aromatic carbocycles. The summed E-state index contributed by atoms with van der Waals surface area (Å²) in [7, 11) is 0. The van der Waals surface area contributed by atoms with Gasteiger partial charge in [0, 0.05) is 25.1 Å². The maximum Gasteiger partial charge on any atom is 0.317 e. The van der Waals surface area contributed by atoms with E-state index in [2.05, 4.69) is 31.2 Å². The third kappa shape index (κ3) is 2.97. The van der Waals surface area contributed by atoms with Crippen LogP contribution in [0.1, 0.15) is 56.7 Å². The Labute approximate surface area is 120 Å². The van der Waals surface area contributed by atoms with Gasteiger partial charge in [-0.15, -0.1) is 0 Å². The van der Waals surface area contributed by atoms with Crippen molar-refractivity contribution >= 4 is 6.03 Å². The third-order valence-corrected chi connectivity index (χ3v) is 3.81. The van der Waals surface area contributed by atoms with Crippen LogP contribution in [0, 0.1) is 12.8 Å². The second kappa shape index (κ2) is 6.29. The first-order chi connectivity index (χ1) is 9.54. The molecule has 0 bridgehead atoms. The summed E-state index contributed by atoms with van der Waals surface area (Å²) in [6, 6.07) is 0.146. The summed E-state index contributed by atoms with van der Waals surface area (Å²) in [4.78, 5) is 14.3. The molecule has 2 rings (SSSR count). The molecule has 1 aliphatic rings. The second-order valence-electron chi connectivity index (χ2n) is 5.89. The molecule has 1 N–H and O–H groups in total. The van der Waals surface area contributed by atoms with Crippen LogP contribution in [0.3, 0.4) is 0 Å². The van der Waals surface area contributed by atoms with Crippen molar-refractivity contribution in [1.82, 2.24) is 15.4 Å². The van der Waals surface area contributed by atoms with Gasteiger partial charge >= 0.3 is 6.03 Å². The molecule has 0 radical (unpaired) electrons. The van der Waals surface area contributed by atoms with Crippen molar-refractivity contribution in [2.75, 3.05) is 13.1 Å². The van der Waals surface area contributed by atoms with E-state index in [-0.39, 0.29) is 12.1 Å². The lowest BCUT2D eigenvalue weighted by atomic mass is 10.0. The Balaban J connectivity index is 2.14. The molecule has 0 aliphatic carbocycles. The van der Waals surface area contributed by atoms with Crippen molar-refractivity contribution in [3.8, 4) is 0 Å². The first-order valence-corrected chi connectivity index (χ1v) is 7.54. The van der Waals surface area contributed by atoms with Gasteiger partial charge in [0.1, 0.15) is 5.76 Å². The molecule has 1 aromatic heterocycles. The minimum absolute atomic E-state index is 0.0313. The monoisotopic (exact) mass is 279 g/mol. The highest BCUT2D eigenvalue weighted by atomic mass is 16.5. The van der Waals surface area contributed by atoms with Crippen LogP contribution in [-0.4, -0.2) is 29.2 Å². The zero-order valence-electron chi connectivity index (χ0n) is 12.9. The van der Waals surface area contributed by atoms with Crippen molar-refractivity contribution in [2.24, 2.45) is 5.92 Å². The standard InChI is InChI=1S/C15H25N3O2/c1-5-13-14(11(4)17-20-13)12-7-6-8-18(12)15(19)16-9-10(2)3/h10,12H,5-9H2,1-4H3,(H,16,19). The molecule has 1 aliphatic heterocycles. The van der Waals surface area contributed by atoms with E-state index in [9.17, 15) is 4.79 Å². The molecule has 1 fully saturated rings. The predicted octanol–water partition coefficient (Wildman–Crippen LogP) is 3.05. The zero-order valence-corrected chi connectivity index (χ0v) is 12.9. The van der Waals surface area contributed by atoms with E-state index < -0.39 is 0 Å². The van der Waals surface area contributed by atoms with Gasteiger partial charge in [-0.05, 0) is 25.7 Å². The molecule has 1 unspecified atom stereocenters. The Morgan fingerprint density at radius 3 is 2.95 bits per heavy atom. The summed E-state index contributed by atoms with van der Waals surface area (Å²) in [5.74, 6) is 1.37. The Morgan fingerprint density at radius 2 is 2.30 bits per heavy atom. The minimum atomic E-state index is 0.0313. The van der Waals surface area contributed by atoms with E-state index in [0.29, 0.717) is 12.5 Å². The third-order valence-electron chi connectivity index (χ3n) is 3.81. The average Bonchev–Trinajstić information content (AvgIpc) is 3.01. The molecule has 1 aromatic rings. The minimum Gasteiger partial charge on any atom is -0.361 e. The number of urea groups is 1. The van der Waals surface area contributed by atoms with Crippen molar-refractivity contribution < 1.29 is 9.32 Å². The molecule has 5 heteroatoms. The predicted molar refractivity (Wildman–Crippen MR) is 77.5 cm³/mol. The molecule has 112 valence electrons. The number of amides is 2. The average molecular weight is 279 g/mol. The molecule has 2 heterocycles. The molecule has 1 atom stereocenters. The number of rotatable bonds is 4. The lowest BCUT2D eigenvalue weighted by molar-refractivity contribution is 0.191. The van der Waals surface area contributed by atoms with Gasteiger partial charge in [-0.25, -0.2) is 4.79 Å². The number of carbonyl (C=O) groups excluding carboxylic acids is 1. The van der Waals surface area contributed by atoms with Crippen LogP contribution < -0.4 is 5.32 Å². The van der Waals surface area contributed by atoms with E-state index in [0.717, 1.165) is 42.8 Å². The first-order valence-electron chi connectivity index (χ1n) is 7.54. The van der Waals surface area contributed by atoms with Gasteiger partial charge in [0.15, 0.2) is 0 Å². The maximum atomic E-state index is 12.3. The van der Waals surface area contributed by atoms with E-state index >= 15 is 0 Å². The summed E-state index contributed by atoms with van der Waals surface area (Å²) in [5.41, 5.74) is 2.03. The van der Waals surface area contributed by atoms with Crippen molar-refractivity contribution in [3.05, 3.63) is 17.0 Å². The first kappa shape index (κ1) is 14.9. The fourth-order valence-corrected chi connectivity index (χ4v) is 2.81. The van der Waals surface area contributed by atoms with E-state index in [1.807, 2.05) is 11.8 Å². The van der Waals surface area contributed by atoms with Crippen molar-refractivity contribution in [1.29, 1.82) is 0 Å². The highest BCUT2D eigenvalue weighted by Gasteiger charge is 2.34. The van der Waals surface area contributed by atoms with Crippen molar-refractivity contribution in [3.63, 3.8) is 0 Å². The molecule has 0 spiro atoms. The number of aryl methyl sites for hydroxylation is 2. The zero-order chi connectivity index (χ0) is 14.7. The van der Waals surface area contributed by atoms with Crippen LogP contribution in [0.5, 0.6) is 0 Å². The smallest absolute Gasteiger partial charge is 0.317 e. The normalized spacial score (nSPS) is 18.9. The number of hydrogen-bond acceptors (Lipinski definition) is 3. The molecular weight excluding hydrogens is 254 g/mol. The van der Waals surface area contributed by atoms with Gasteiger partial charge < -0.3 is 14.7 Å². The van der Waals surface area contributed by atoms with Crippen LogP contribution in [0.2, 0.25) is 0 Å². The SMILES string of the molecule is CCc1onc(C)c1C1CCCN1C(=O)NCC(C)C. The van der Waals surface area contributed by atoms with Gasteiger partial charge in [0.2, 0.25) is 0 Å². The number of hydrogen-bond donors (Lipinski definition) is 1. The van der Waals surface area contributed by atoms with Crippen LogP contribution in [0.25, 0.3) is 0 Å². The highest BCUT2D eigenvalue weighted by molar-refractivity contribution is 5.75. The fourth-order valence-electron chi connectivity index (χ4n) is 2.81. The largest absolute Gasteiger partial charge is 0.361 e. The van der Waals surface area contributed by atoms with Gasteiger partial charge in [-0.1, -0.05) is 25.9 Å². The van der Waals surface area contributed by atoms with Crippen LogP contribution >= 0.6 is 0 Å². The van der Waals surface area contributed by atoms with Crippen LogP contribution in [-0.2, 0) is 6.42 Å². The maximum absolute atomic E-state index is 12.3. The van der Waals surface area contributed by atoms with E-state index in [1.54, 1.807) is 0 Å². The fraction of sp³-hybridized carbons (Fsp3) is 0.733. The number of nitrogens with zero attached hydrogens (tertiary/aromatic N) is 2. The Morgan fingerprint density at radius 1 is 1.55 bits per heavy atom. The Hall–Kier alpha value is -1.52.